The maximum atomic E-state index is 13.9. The second kappa shape index (κ2) is 6.88. The van der Waals surface area contributed by atoms with E-state index in [1.807, 2.05) is 37.3 Å². The van der Waals surface area contributed by atoms with Gasteiger partial charge >= 0.3 is 5.97 Å². The molecule has 2 aromatic carbocycles. The Kier molecular flexibility index (Phi) is 4.93. The largest absolute Gasteiger partial charge is 0.465 e. The van der Waals surface area contributed by atoms with Crippen molar-refractivity contribution in [2.45, 2.75) is 13.5 Å². The SMILES string of the molecule is CCN(Cc1ccc(C(=O)OC)c(F)c1)c1ccccc1. The Hall–Kier alpha value is -2.36. The van der Waals surface area contributed by atoms with Crippen molar-refractivity contribution < 1.29 is 13.9 Å². The molecule has 21 heavy (non-hydrogen) atoms. The van der Waals surface area contributed by atoms with E-state index >= 15 is 0 Å². The first kappa shape index (κ1) is 15.0. The molecule has 0 amide bonds. The summed E-state index contributed by atoms with van der Waals surface area (Å²) in [4.78, 5) is 13.5. The highest BCUT2D eigenvalue weighted by Crippen LogP contribution is 2.18. The molecular formula is C17H18FNO2. The molecule has 0 saturated heterocycles. The molecule has 0 saturated carbocycles. The third-order valence-corrected chi connectivity index (χ3v) is 3.32. The van der Waals surface area contributed by atoms with Gasteiger partial charge in [-0.3, -0.25) is 0 Å². The molecule has 4 heteroatoms. The highest BCUT2D eigenvalue weighted by molar-refractivity contribution is 5.89. The van der Waals surface area contributed by atoms with Crippen LogP contribution in [-0.4, -0.2) is 19.6 Å². The van der Waals surface area contributed by atoms with Gasteiger partial charge < -0.3 is 9.64 Å². The number of esters is 1. The molecule has 3 nitrogen and oxygen atoms in total. The monoisotopic (exact) mass is 287 g/mol. The molecule has 0 unspecified atom stereocenters. The summed E-state index contributed by atoms with van der Waals surface area (Å²) in [6, 6.07) is 14.5. The summed E-state index contributed by atoms with van der Waals surface area (Å²) < 4.78 is 18.5. The summed E-state index contributed by atoms with van der Waals surface area (Å²) in [6.45, 7) is 3.44. The zero-order valence-electron chi connectivity index (χ0n) is 12.2. The van der Waals surface area contributed by atoms with Crippen LogP contribution in [0.3, 0.4) is 0 Å². The number of methoxy groups -OCH3 is 1. The average Bonchev–Trinajstić information content (AvgIpc) is 2.53. The van der Waals surface area contributed by atoms with Crippen molar-refractivity contribution in [1.29, 1.82) is 0 Å². The molecule has 110 valence electrons. The van der Waals surface area contributed by atoms with Crippen LogP contribution in [0.1, 0.15) is 22.8 Å². The maximum Gasteiger partial charge on any atom is 0.340 e. The normalized spacial score (nSPS) is 10.2. The fourth-order valence-corrected chi connectivity index (χ4v) is 2.18. The molecule has 0 aliphatic rings. The second-order valence-electron chi connectivity index (χ2n) is 4.66. The third-order valence-electron chi connectivity index (χ3n) is 3.32. The van der Waals surface area contributed by atoms with E-state index in [1.165, 1.54) is 19.2 Å². The van der Waals surface area contributed by atoms with Crippen molar-refractivity contribution in [3.05, 3.63) is 65.5 Å². The fourth-order valence-electron chi connectivity index (χ4n) is 2.18. The van der Waals surface area contributed by atoms with Gasteiger partial charge in [-0.25, -0.2) is 9.18 Å². The summed E-state index contributed by atoms with van der Waals surface area (Å²) in [5.41, 5.74) is 1.85. The van der Waals surface area contributed by atoms with Crippen molar-refractivity contribution in [1.82, 2.24) is 0 Å². The van der Waals surface area contributed by atoms with Crippen LogP contribution in [0, 0.1) is 5.82 Å². The van der Waals surface area contributed by atoms with E-state index < -0.39 is 11.8 Å². The number of carbonyl (C=O) groups is 1. The van der Waals surface area contributed by atoms with Gasteiger partial charge in [0.25, 0.3) is 0 Å². The second-order valence-corrected chi connectivity index (χ2v) is 4.66. The van der Waals surface area contributed by atoms with Gasteiger partial charge in [0.05, 0.1) is 12.7 Å². The molecule has 0 aromatic heterocycles. The number of para-hydroxylation sites is 1. The molecule has 0 aliphatic carbocycles. The quantitative estimate of drug-likeness (QED) is 0.786. The predicted molar refractivity (Wildman–Crippen MR) is 80.9 cm³/mol. The molecule has 0 N–H and O–H groups in total. The lowest BCUT2D eigenvalue weighted by molar-refractivity contribution is 0.0595. The van der Waals surface area contributed by atoms with Crippen LogP contribution in [0.4, 0.5) is 10.1 Å². The third kappa shape index (κ3) is 3.60. The number of anilines is 1. The Labute approximate surface area is 124 Å². The molecule has 0 radical (unpaired) electrons. The van der Waals surface area contributed by atoms with Crippen LogP contribution in [0.5, 0.6) is 0 Å². The van der Waals surface area contributed by atoms with Crippen LogP contribution >= 0.6 is 0 Å². The lowest BCUT2D eigenvalue weighted by Gasteiger charge is -2.23. The number of benzene rings is 2. The smallest absolute Gasteiger partial charge is 0.340 e. The zero-order chi connectivity index (χ0) is 15.2. The van der Waals surface area contributed by atoms with Crippen molar-refractivity contribution in [3.63, 3.8) is 0 Å². The number of hydrogen-bond acceptors (Lipinski definition) is 3. The first-order valence-electron chi connectivity index (χ1n) is 6.82. The Bertz CT molecular complexity index is 613. The summed E-state index contributed by atoms with van der Waals surface area (Å²) in [7, 11) is 1.24. The predicted octanol–water partition coefficient (Wildman–Crippen LogP) is 3.64. The Morgan fingerprint density at radius 2 is 1.90 bits per heavy atom. The summed E-state index contributed by atoms with van der Waals surface area (Å²) in [6.07, 6.45) is 0. The van der Waals surface area contributed by atoms with Crippen LogP contribution in [-0.2, 0) is 11.3 Å². The molecule has 0 bridgehead atoms. The standard InChI is InChI=1S/C17H18FNO2/c1-3-19(14-7-5-4-6-8-14)12-13-9-10-15(16(18)11-13)17(20)21-2/h4-11H,3,12H2,1-2H3. The van der Waals surface area contributed by atoms with E-state index in [1.54, 1.807) is 6.07 Å². The highest BCUT2D eigenvalue weighted by atomic mass is 19.1. The van der Waals surface area contributed by atoms with Crippen molar-refractivity contribution >= 4 is 11.7 Å². The van der Waals surface area contributed by atoms with Gasteiger partial charge in [0, 0.05) is 18.8 Å². The van der Waals surface area contributed by atoms with Crippen LogP contribution in [0.2, 0.25) is 0 Å². The van der Waals surface area contributed by atoms with Gasteiger partial charge in [0.15, 0.2) is 0 Å². The highest BCUT2D eigenvalue weighted by Gasteiger charge is 2.13. The molecular weight excluding hydrogens is 269 g/mol. The minimum Gasteiger partial charge on any atom is -0.465 e. The number of rotatable bonds is 5. The van der Waals surface area contributed by atoms with E-state index in [2.05, 4.69) is 9.64 Å². The number of ether oxygens (including phenoxy) is 1. The summed E-state index contributed by atoms with van der Waals surface area (Å²) in [5, 5.41) is 0. The average molecular weight is 287 g/mol. The van der Waals surface area contributed by atoms with Gasteiger partial charge in [-0.1, -0.05) is 24.3 Å². The molecule has 0 aliphatic heterocycles. The summed E-state index contributed by atoms with van der Waals surface area (Å²) in [5.74, 6) is -1.21. The van der Waals surface area contributed by atoms with Crippen molar-refractivity contribution in [2.75, 3.05) is 18.6 Å². The number of halogens is 1. The molecule has 2 aromatic rings. The minimum atomic E-state index is -0.658. The first-order chi connectivity index (χ1) is 10.2. The van der Waals surface area contributed by atoms with Gasteiger partial charge in [-0.15, -0.1) is 0 Å². The van der Waals surface area contributed by atoms with E-state index in [9.17, 15) is 9.18 Å². The zero-order valence-corrected chi connectivity index (χ0v) is 12.2. The fraction of sp³-hybridized carbons (Fsp3) is 0.235. The summed E-state index contributed by atoms with van der Waals surface area (Å²) >= 11 is 0. The van der Waals surface area contributed by atoms with E-state index in [0.29, 0.717) is 6.54 Å². The van der Waals surface area contributed by atoms with Gasteiger partial charge in [-0.05, 0) is 36.8 Å². The molecule has 0 atom stereocenters. The number of carbonyl (C=O) groups excluding carboxylic acids is 1. The Morgan fingerprint density at radius 1 is 1.19 bits per heavy atom. The number of nitrogens with zero attached hydrogens (tertiary/aromatic N) is 1. The Balaban J connectivity index is 2.19. The molecule has 0 fully saturated rings. The molecule has 0 heterocycles. The van der Waals surface area contributed by atoms with Crippen LogP contribution in [0.25, 0.3) is 0 Å². The molecule has 2 rings (SSSR count). The van der Waals surface area contributed by atoms with E-state index in [-0.39, 0.29) is 5.56 Å². The van der Waals surface area contributed by atoms with E-state index in [4.69, 9.17) is 0 Å². The van der Waals surface area contributed by atoms with Crippen molar-refractivity contribution in [3.8, 4) is 0 Å². The first-order valence-corrected chi connectivity index (χ1v) is 6.82. The maximum absolute atomic E-state index is 13.9. The lowest BCUT2D eigenvalue weighted by Crippen LogP contribution is -2.22. The van der Waals surface area contributed by atoms with Gasteiger partial charge in [0.2, 0.25) is 0 Å². The van der Waals surface area contributed by atoms with Gasteiger partial charge in [-0.2, -0.15) is 0 Å². The topological polar surface area (TPSA) is 29.5 Å². The van der Waals surface area contributed by atoms with E-state index in [0.717, 1.165) is 17.8 Å². The van der Waals surface area contributed by atoms with Gasteiger partial charge in [0.1, 0.15) is 5.82 Å². The van der Waals surface area contributed by atoms with Crippen molar-refractivity contribution in [2.24, 2.45) is 0 Å². The molecule has 0 spiro atoms. The van der Waals surface area contributed by atoms with Crippen LogP contribution in [0.15, 0.2) is 48.5 Å². The Morgan fingerprint density at radius 3 is 2.48 bits per heavy atom. The van der Waals surface area contributed by atoms with Crippen LogP contribution < -0.4 is 4.90 Å². The minimum absolute atomic E-state index is 0.0380. The lowest BCUT2D eigenvalue weighted by atomic mass is 10.1. The number of hydrogen-bond donors (Lipinski definition) is 0.